The quantitative estimate of drug-likeness (QED) is 0.421. The number of nitrogens with zero attached hydrogens (tertiary/aromatic N) is 3. The van der Waals surface area contributed by atoms with Crippen LogP contribution < -0.4 is 5.73 Å². The monoisotopic (exact) mass is 448 g/mol. The van der Waals surface area contributed by atoms with Gasteiger partial charge in [0.2, 0.25) is 9.84 Å². The smallest absolute Gasteiger partial charge is 0.212 e. The van der Waals surface area contributed by atoms with Gasteiger partial charge in [-0.15, -0.1) is 0 Å². The van der Waals surface area contributed by atoms with E-state index in [4.69, 9.17) is 22.3 Å². The molecule has 0 unspecified atom stereocenters. The van der Waals surface area contributed by atoms with E-state index in [1.807, 2.05) is 49.4 Å². The van der Waals surface area contributed by atoms with Gasteiger partial charge in [0.1, 0.15) is 16.2 Å². The van der Waals surface area contributed by atoms with Crippen LogP contribution in [0.5, 0.6) is 0 Å². The highest BCUT2D eigenvalue weighted by atomic mass is 35.5. The van der Waals surface area contributed by atoms with Crippen LogP contribution in [0, 0.1) is 6.92 Å². The van der Waals surface area contributed by atoms with Crippen molar-refractivity contribution in [2.24, 2.45) is 0 Å². The molecule has 0 saturated carbocycles. The highest BCUT2D eigenvalue weighted by Gasteiger charge is 2.30. The summed E-state index contributed by atoms with van der Waals surface area (Å²) in [7, 11) is -3.98. The molecule has 31 heavy (non-hydrogen) atoms. The van der Waals surface area contributed by atoms with E-state index in [-0.39, 0.29) is 21.1 Å². The van der Waals surface area contributed by atoms with Crippen LogP contribution in [0.25, 0.3) is 27.9 Å². The number of rotatable bonds is 3. The van der Waals surface area contributed by atoms with Gasteiger partial charge in [0.05, 0.1) is 15.9 Å². The summed E-state index contributed by atoms with van der Waals surface area (Å²) in [6.07, 6.45) is 0. The lowest BCUT2D eigenvalue weighted by atomic mass is 10.2. The van der Waals surface area contributed by atoms with E-state index in [9.17, 15) is 8.42 Å². The molecule has 0 aliphatic heterocycles. The average molecular weight is 449 g/mol. The lowest BCUT2D eigenvalue weighted by Crippen LogP contribution is -2.07. The van der Waals surface area contributed by atoms with Crippen LogP contribution in [0.3, 0.4) is 0 Å². The van der Waals surface area contributed by atoms with E-state index in [2.05, 4.69) is 4.98 Å². The fourth-order valence-electron chi connectivity index (χ4n) is 3.59. The number of nitrogen functional groups attached to an aromatic ring is 1. The zero-order chi connectivity index (χ0) is 21.8. The highest BCUT2D eigenvalue weighted by Crippen LogP contribution is 2.37. The van der Waals surface area contributed by atoms with E-state index in [0.717, 1.165) is 5.56 Å². The summed E-state index contributed by atoms with van der Waals surface area (Å²) in [6.45, 7) is 1.98. The van der Waals surface area contributed by atoms with Gasteiger partial charge in [0.15, 0.2) is 5.65 Å². The first-order valence-electron chi connectivity index (χ1n) is 9.50. The summed E-state index contributed by atoms with van der Waals surface area (Å²) in [5, 5.41) is 0.444. The fourth-order valence-corrected chi connectivity index (χ4v) is 5.20. The Balaban J connectivity index is 1.90. The standard InChI is InChI=1S/C23H17ClN4O2S/c1-14-6-10-16(11-7-14)28-22(25)21(31(29,30)17-12-8-15(24)9-13-17)20-23(28)27-19-5-3-2-4-18(19)26-20/h2-13H,25H2,1H3. The molecule has 0 bridgehead atoms. The molecular formula is C23H17ClN4O2S. The van der Waals surface area contributed by atoms with Crippen molar-refractivity contribution in [3.63, 3.8) is 0 Å². The normalized spacial score (nSPS) is 11.9. The number of para-hydroxylation sites is 2. The number of hydrogen-bond donors (Lipinski definition) is 1. The molecule has 0 radical (unpaired) electrons. The molecule has 5 rings (SSSR count). The Morgan fingerprint density at radius 3 is 2.13 bits per heavy atom. The van der Waals surface area contributed by atoms with Crippen LogP contribution in [-0.4, -0.2) is 23.0 Å². The van der Waals surface area contributed by atoms with Crippen LogP contribution in [0.2, 0.25) is 5.02 Å². The lowest BCUT2D eigenvalue weighted by molar-refractivity contribution is 0.597. The Morgan fingerprint density at radius 1 is 0.871 bits per heavy atom. The summed E-state index contributed by atoms with van der Waals surface area (Å²) in [5.41, 5.74) is 10.1. The van der Waals surface area contributed by atoms with Crippen molar-refractivity contribution in [2.75, 3.05) is 5.73 Å². The number of aromatic nitrogens is 3. The van der Waals surface area contributed by atoms with Gasteiger partial charge in [-0.2, -0.15) is 0 Å². The molecule has 154 valence electrons. The van der Waals surface area contributed by atoms with Crippen molar-refractivity contribution >= 4 is 49.5 Å². The largest absolute Gasteiger partial charge is 0.384 e. The van der Waals surface area contributed by atoms with Gasteiger partial charge < -0.3 is 5.73 Å². The summed E-state index contributed by atoms with van der Waals surface area (Å²) in [4.78, 5) is 9.38. The van der Waals surface area contributed by atoms with E-state index >= 15 is 0 Å². The van der Waals surface area contributed by atoms with Crippen molar-refractivity contribution in [2.45, 2.75) is 16.7 Å². The predicted molar refractivity (Wildman–Crippen MR) is 122 cm³/mol. The number of aryl methyl sites for hydroxylation is 1. The SMILES string of the molecule is Cc1ccc(-n2c(N)c(S(=O)(=O)c3ccc(Cl)cc3)c3nc4ccccc4nc32)cc1. The molecule has 2 aromatic heterocycles. The van der Waals surface area contributed by atoms with Crippen LogP contribution >= 0.6 is 11.6 Å². The Kier molecular flexibility index (Phi) is 4.46. The lowest BCUT2D eigenvalue weighted by Gasteiger charge is -2.09. The van der Waals surface area contributed by atoms with E-state index in [1.54, 1.807) is 10.6 Å². The molecule has 3 aromatic carbocycles. The number of benzene rings is 3. The third-order valence-corrected chi connectivity index (χ3v) is 7.22. The third kappa shape index (κ3) is 3.13. The average Bonchev–Trinajstić information content (AvgIpc) is 3.04. The van der Waals surface area contributed by atoms with E-state index in [0.29, 0.717) is 27.4 Å². The third-order valence-electron chi connectivity index (χ3n) is 5.14. The number of anilines is 1. The molecule has 0 aliphatic carbocycles. The van der Waals surface area contributed by atoms with Crippen molar-refractivity contribution in [1.29, 1.82) is 0 Å². The second-order valence-corrected chi connectivity index (χ2v) is 9.55. The molecule has 0 spiro atoms. The van der Waals surface area contributed by atoms with Crippen molar-refractivity contribution in [1.82, 2.24) is 14.5 Å². The second kappa shape index (κ2) is 7.08. The summed E-state index contributed by atoms with van der Waals surface area (Å²) >= 11 is 5.95. The van der Waals surface area contributed by atoms with E-state index < -0.39 is 9.84 Å². The summed E-state index contributed by atoms with van der Waals surface area (Å²) in [5.74, 6) is 0.0594. The Labute approximate surface area is 183 Å². The fraction of sp³-hybridized carbons (Fsp3) is 0.0435. The minimum absolute atomic E-state index is 0.0594. The maximum atomic E-state index is 13.6. The number of hydrogen-bond acceptors (Lipinski definition) is 5. The van der Waals surface area contributed by atoms with Gasteiger partial charge >= 0.3 is 0 Å². The minimum Gasteiger partial charge on any atom is -0.384 e. The van der Waals surface area contributed by atoms with Crippen LogP contribution in [-0.2, 0) is 9.84 Å². The topological polar surface area (TPSA) is 90.9 Å². The number of nitrogens with two attached hydrogens (primary N) is 1. The number of sulfone groups is 1. The molecule has 5 aromatic rings. The van der Waals surface area contributed by atoms with Gasteiger partial charge in [0.25, 0.3) is 0 Å². The summed E-state index contributed by atoms with van der Waals surface area (Å²) < 4.78 is 28.9. The first-order chi connectivity index (χ1) is 14.9. The Bertz CT molecular complexity index is 1560. The van der Waals surface area contributed by atoms with Gasteiger partial charge in [-0.25, -0.2) is 18.4 Å². The van der Waals surface area contributed by atoms with Crippen molar-refractivity contribution in [3.05, 3.63) is 83.4 Å². The maximum Gasteiger partial charge on any atom is 0.212 e. The zero-order valence-corrected chi connectivity index (χ0v) is 18.0. The molecular weight excluding hydrogens is 432 g/mol. The van der Waals surface area contributed by atoms with Gasteiger partial charge in [0, 0.05) is 10.7 Å². The summed E-state index contributed by atoms with van der Waals surface area (Å²) in [6, 6.07) is 20.9. The van der Waals surface area contributed by atoms with Gasteiger partial charge in [-0.1, -0.05) is 41.4 Å². The molecule has 0 saturated heterocycles. The first kappa shape index (κ1) is 19.5. The van der Waals surface area contributed by atoms with Crippen LogP contribution in [0.4, 0.5) is 5.82 Å². The number of halogens is 1. The number of fused-ring (bicyclic) bond motifs is 2. The molecule has 0 atom stereocenters. The van der Waals surface area contributed by atoms with Crippen LogP contribution in [0.1, 0.15) is 5.56 Å². The molecule has 6 nitrogen and oxygen atoms in total. The zero-order valence-electron chi connectivity index (χ0n) is 16.4. The highest BCUT2D eigenvalue weighted by molar-refractivity contribution is 7.92. The first-order valence-corrected chi connectivity index (χ1v) is 11.4. The maximum absolute atomic E-state index is 13.6. The molecule has 8 heteroatoms. The Hall–Kier alpha value is -3.42. The minimum atomic E-state index is -3.98. The van der Waals surface area contributed by atoms with Crippen molar-refractivity contribution < 1.29 is 8.42 Å². The second-order valence-electron chi connectivity index (χ2n) is 7.23. The molecule has 0 aliphatic rings. The van der Waals surface area contributed by atoms with E-state index in [1.165, 1.54) is 24.3 Å². The molecule has 0 amide bonds. The molecule has 0 fully saturated rings. The molecule has 2 N–H and O–H groups in total. The van der Waals surface area contributed by atoms with Gasteiger partial charge in [-0.05, 0) is 55.5 Å². The van der Waals surface area contributed by atoms with Crippen LogP contribution in [0.15, 0.2) is 82.6 Å². The Morgan fingerprint density at radius 2 is 1.48 bits per heavy atom. The van der Waals surface area contributed by atoms with Crippen molar-refractivity contribution in [3.8, 4) is 5.69 Å². The predicted octanol–water partition coefficient (Wildman–Crippen LogP) is 4.95. The van der Waals surface area contributed by atoms with Gasteiger partial charge in [-0.3, -0.25) is 4.57 Å². The molecule has 2 heterocycles.